The summed E-state index contributed by atoms with van der Waals surface area (Å²) in [7, 11) is 0. The Morgan fingerprint density at radius 1 is 1.25 bits per heavy atom. The van der Waals surface area contributed by atoms with Gasteiger partial charge in [-0.05, 0) is 19.3 Å². The lowest BCUT2D eigenvalue weighted by atomic mass is 10.4. The van der Waals surface area contributed by atoms with Gasteiger partial charge < -0.3 is 20.1 Å². The molecule has 3 rings (SSSR count). The van der Waals surface area contributed by atoms with E-state index in [9.17, 15) is 9.59 Å². The van der Waals surface area contributed by atoms with Crippen LogP contribution in [0.3, 0.4) is 0 Å². The molecule has 2 amide bonds. The van der Waals surface area contributed by atoms with Gasteiger partial charge in [0.05, 0.1) is 6.54 Å². The van der Waals surface area contributed by atoms with Crippen molar-refractivity contribution >= 4 is 17.8 Å². The molecule has 108 valence electrons. The van der Waals surface area contributed by atoms with E-state index in [0.717, 1.165) is 51.4 Å². The van der Waals surface area contributed by atoms with Gasteiger partial charge in [0.25, 0.3) is 5.91 Å². The fraction of sp³-hybridized carbons (Fsp3) is 0.615. The molecule has 7 heteroatoms. The van der Waals surface area contributed by atoms with Crippen molar-refractivity contribution in [3.8, 4) is 0 Å². The highest BCUT2D eigenvalue weighted by atomic mass is 16.2. The second kappa shape index (κ2) is 5.52. The molecule has 2 N–H and O–H groups in total. The maximum Gasteiger partial charge on any atom is 0.271 e. The van der Waals surface area contributed by atoms with Gasteiger partial charge in [-0.2, -0.15) is 0 Å². The molecule has 7 nitrogen and oxygen atoms in total. The van der Waals surface area contributed by atoms with Crippen LogP contribution in [0.1, 0.15) is 29.8 Å². The van der Waals surface area contributed by atoms with E-state index >= 15 is 0 Å². The number of aromatic nitrogens is 2. The first-order valence-corrected chi connectivity index (χ1v) is 7.11. The molecule has 0 atom stereocenters. The molecule has 1 fully saturated rings. The van der Waals surface area contributed by atoms with Crippen molar-refractivity contribution in [2.45, 2.75) is 25.8 Å². The lowest BCUT2D eigenvalue weighted by Gasteiger charge is -2.14. The van der Waals surface area contributed by atoms with Gasteiger partial charge in [0.1, 0.15) is 5.69 Å². The van der Waals surface area contributed by atoms with E-state index < -0.39 is 0 Å². The zero-order chi connectivity index (χ0) is 13.9. The van der Waals surface area contributed by atoms with Crippen molar-refractivity contribution in [2.75, 3.05) is 31.5 Å². The lowest BCUT2D eigenvalue weighted by Crippen LogP contribution is -2.38. The number of fused-ring (bicyclic) bond motifs is 1. The first kappa shape index (κ1) is 13.0. The number of hydrogen-bond acceptors (Lipinski definition) is 4. The van der Waals surface area contributed by atoms with E-state index in [1.807, 2.05) is 4.57 Å². The van der Waals surface area contributed by atoms with E-state index in [1.165, 1.54) is 0 Å². The predicted octanol–water partition coefficient (Wildman–Crippen LogP) is 0.0509. The first-order chi connectivity index (χ1) is 9.74. The third-order valence-corrected chi connectivity index (χ3v) is 3.73. The van der Waals surface area contributed by atoms with Gasteiger partial charge in [-0.3, -0.25) is 9.59 Å². The standard InChI is InChI=1S/C13H19N5O2/c19-11(17-5-1-2-6-17)8-15-12(20)10-9-18-7-3-4-14-13(18)16-10/h9H,1-8H2,(H,14,16)(H,15,20). The average Bonchev–Trinajstić information content (AvgIpc) is 3.12. The summed E-state index contributed by atoms with van der Waals surface area (Å²) < 4.78 is 1.93. The number of rotatable bonds is 3. The van der Waals surface area contributed by atoms with Crippen LogP contribution >= 0.6 is 0 Å². The Bertz CT molecular complexity index is 495. The summed E-state index contributed by atoms with van der Waals surface area (Å²) in [5, 5.41) is 5.80. The molecule has 0 saturated carbocycles. The SMILES string of the molecule is O=C(NCC(=O)N1CCCC1)c1cn2c(n1)NCCC2. The molecule has 0 aromatic carbocycles. The zero-order valence-electron chi connectivity index (χ0n) is 11.4. The third kappa shape index (κ3) is 2.61. The molecule has 0 bridgehead atoms. The minimum atomic E-state index is -0.291. The molecule has 0 aliphatic carbocycles. The molecule has 0 spiro atoms. The Hall–Kier alpha value is -2.05. The van der Waals surface area contributed by atoms with E-state index in [4.69, 9.17) is 0 Å². The van der Waals surface area contributed by atoms with E-state index in [1.54, 1.807) is 11.1 Å². The fourth-order valence-corrected chi connectivity index (χ4v) is 2.61. The average molecular weight is 277 g/mol. The Balaban J connectivity index is 1.56. The molecule has 0 unspecified atom stereocenters. The molecule has 0 radical (unpaired) electrons. The van der Waals surface area contributed by atoms with Crippen molar-refractivity contribution in [3.63, 3.8) is 0 Å². The maximum absolute atomic E-state index is 12.0. The molecule has 2 aliphatic heterocycles. The van der Waals surface area contributed by atoms with Gasteiger partial charge in [0.15, 0.2) is 0 Å². The molecule has 1 saturated heterocycles. The predicted molar refractivity (Wildman–Crippen MR) is 73.5 cm³/mol. The number of aryl methyl sites for hydroxylation is 1. The summed E-state index contributed by atoms with van der Waals surface area (Å²) in [6, 6.07) is 0. The van der Waals surface area contributed by atoms with E-state index in [0.29, 0.717) is 5.69 Å². The zero-order valence-corrected chi connectivity index (χ0v) is 11.4. The van der Waals surface area contributed by atoms with Crippen LogP contribution in [0.4, 0.5) is 5.95 Å². The highest BCUT2D eigenvalue weighted by Gasteiger charge is 2.20. The first-order valence-electron chi connectivity index (χ1n) is 7.11. The monoisotopic (exact) mass is 277 g/mol. The number of imidazole rings is 1. The number of nitrogens with zero attached hydrogens (tertiary/aromatic N) is 3. The number of carbonyl (C=O) groups excluding carboxylic acids is 2. The second-order valence-electron chi connectivity index (χ2n) is 5.19. The van der Waals surface area contributed by atoms with Gasteiger partial charge in [-0.15, -0.1) is 0 Å². The number of hydrogen-bond donors (Lipinski definition) is 2. The van der Waals surface area contributed by atoms with Crippen LogP contribution in [-0.4, -0.2) is 52.4 Å². The third-order valence-electron chi connectivity index (χ3n) is 3.73. The number of anilines is 1. The largest absolute Gasteiger partial charge is 0.356 e. The van der Waals surface area contributed by atoms with E-state index in [-0.39, 0.29) is 18.4 Å². The quantitative estimate of drug-likeness (QED) is 0.818. The van der Waals surface area contributed by atoms with E-state index in [2.05, 4.69) is 15.6 Å². The molecule has 20 heavy (non-hydrogen) atoms. The van der Waals surface area contributed by atoms with Crippen LogP contribution in [-0.2, 0) is 11.3 Å². The minimum absolute atomic E-state index is 0.0158. The topological polar surface area (TPSA) is 79.3 Å². The number of nitrogens with one attached hydrogen (secondary N) is 2. The van der Waals surface area contributed by atoms with Gasteiger partial charge in [-0.25, -0.2) is 4.98 Å². The van der Waals surface area contributed by atoms with Crippen molar-refractivity contribution in [2.24, 2.45) is 0 Å². The summed E-state index contributed by atoms with van der Waals surface area (Å²) in [4.78, 5) is 29.9. The highest BCUT2D eigenvalue weighted by Crippen LogP contribution is 2.14. The molecule has 1 aromatic heterocycles. The minimum Gasteiger partial charge on any atom is -0.356 e. The summed E-state index contributed by atoms with van der Waals surface area (Å²) >= 11 is 0. The molecule has 1 aromatic rings. The normalized spacial score (nSPS) is 17.5. The van der Waals surface area contributed by atoms with Crippen LogP contribution in [0, 0.1) is 0 Å². The Kier molecular flexibility index (Phi) is 3.58. The highest BCUT2D eigenvalue weighted by molar-refractivity contribution is 5.95. The van der Waals surface area contributed by atoms with Gasteiger partial charge in [0, 0.05) is 32.4 Å². The molecular formula is C13H19N5O2. The van der Waals surface area contributed by atoms with Crippen molar-refractivity contribution in [1.29, 1.82) is 0 Å². The number of amides is 2. The fourth-order valence-electron chi connectivity index (χ4n) is 2.61. The number of likely N-dealkylation sites (tertiary alicyclic amines) is 1. The maximum atomic E-state index is 12.0. The van der Waals surface area contributed by atoms with Crippen molar-refractivity contribution < 1.29 is 9.59 Å². The molecular weight excluding hydrogens is 258 g/mol. The van der Waals surface area contributed by atoms with Crippen LogP contribution in [0.2, 0.25) is 0 Å². The molecule has 2 aliphatic rings. The number of carbonyl (C=O) groups is 2. The summed E-state index contributed by atoms with van der Waals surface area (Å²) in [5.41, 5.74) is 0.364. The Labute approximate surface area is 117 Å². The van der Waals surface area contributed by atoms with Crippen LogP contribution in [0.25, 0.3) is 0 Å². The smallest absolute Gasteiger partial charge is 0.271 e. The Morgan fingerprint density at radius 2 is 2.05 bits per heavy atom. The lowest BCUT2D eigenvalue weighted by molar-refractivity contribution is -0.129. The molecule has 3 heterocycles. The van der Waals surface area contributed by atoms with Crippen LogP contribution in [0.15, 0.2) is 6.20 Å². The van der Waals surface area contributed by atoms with Crippen LogP contribution < -0.4 is 10.6 Å². The van der Waals surface area contributed by atoms with Gasteiger partial charge >= 0.3 is 0 Å². The van der Waals surface area contributed by atoms with Crippen molar-refractivity contribution in [1.82, 2.24) is 19.8 Å². The summed E-state index contributed by atoms with van der Waals surface area (Å²) in [5.74, 6) is 0.423. The summed E-state index contributed by atoms with van der Waals surface area (Å²) in [6.45, 7) is 3.41. The second-order valence-corrected chi connectivity index (χ2v) is 5.19. The Morgan fingerprint density at radius 3 is 2.80 bits per heavy atom. The van der Waals surface area contributed by atoms with Gasteiger partial charge in [0.2, 0.25) is 11.9 Å². The van der Waals surface area contributed by atoms with Crippen molar-refractivity contribution in [3.05, 3.63) is 11.9 Å². The van der Waals surface area contributed by atoms with Gasteiger partial charge in [-0.1, -0.05) is 0 Å². The van der Waals surface area contributed by atoms with Crippen LogP contribution in [0.5, 0.6) is 0 Å². The summed E-state index contributed by atoms with van der Waals surface area (Å²) in [6.07, 6.45) is 4.87.